The van der Waals surface area contributed by atoms with E-state index in [-0.39, 0.29) is 23.1 Å². The van der Waals surface area contributed by atoms with Crippen LogP contribution in [-0.2, 0) is 16.6 Å². The van der Waals surface area contributed by atoms with Crippen LogP contribution in [-0.4, -0.2) is 38.5 Å². The zero-order chi connectivity index (χ0) is 17.9. The van der Waals surface area contributed by atoms with Gasteiger partial charge in [-0.1, -0.05) is 18.2 Å². The van der Waals surface area contributed by atoms with Crippen LogP contribution in [0.4, 0.5) is 0 Å². The van der Waals surface area contributed by atoms with Gasteiger partial charge in [0.1, 0.15) is 0 Å². The monoisotopic (exact) mass is 366 g/mol. The van der Waals surface area contributed by atoms with Crippen LogP contribution in [0.3, 0.4) is 0 Å². The number of carbonyl (C=O) groups is 2. The molecule has 0 unspecified atom stereocenters. The summed E-state index contributed by atoms with van der Waals surface area (Å²) in [7, 11) is -0.671. The Balaban J connectivity index is 2.18. The molecule has 0 atom stereocenters. The normalized spacial score (nSPS) is 11.5. The lowest BCUT2D eigenvalue weighted by Gasteiger charge is -2.15. The Hall–Kier alpha value is -2.03. The fraction of sp³-hybridized carbons (Fsp3) is 0.250. The lowest BCUT2D eigenvalue weighted by molar-refractivity contribution is 0.0954. The third-order valence-corrected chi connectivity index (χ3v) is 6.45. The molecule has 6 nitrogen and oxygen atoms in total. The van der Waals surface area contributed by atoms with Gasteiger partial charge in [-0.25, -0.2) is 12.7 Å². The SMILES string of the molecule is CC(=O)c1ccc(C(=O)NCc2ccccc2S(=O)(=O)N(C)C)s1. The van der Waals surface area contributed by atoms with Crippen molar-refractivity contribution in [3.8, 4) is 0 Å². The maximum Gasteiger partial charge on any atom is 0.261 e. The first-order chi connectivity index (χ1) is 11.2. The van der Waals surface area contributed by atoms with E-state index in [2.05, 4.69) is 5.32 Å². The van der Waals surface area contributed by atoms with Gasteiger partial charge in [-0.2, -0.15) is 0 Å². The van der Waals surface area contributed by atoms with Gasteiger partial charge in [-0.15, -0.1) is 11.3 Å². The highest BCUT2D eigenvalue weighted by Crippen LogP contribution is 2.20. The van der Waals surface area contributed by atoms with Crippen molar-refractivity contribution in [1.82, 2.24) is 9.62 Å². The molecular weight excluding hydrogens is 348 g/mol. The van der Waals surface area contributed by atoms with E-state index < -0.39 is 10.0 Å². The van der Waals surface area contributed by atoms with Crippen molar-refractivity contribution in [2.75, 3.05) is 14.1 Å². The number of benzene rings is 1. The number of carbonyl (C=O) groups excluding carboxylic acids is 2. The number of rotatable bonds is 6. The number of sulfonamides is 1. The van der Waals surface area contributed by atoms with Crippen molar-refractivity contribution >= 4 is 33.1 Å². The summed E-state index contributed by atoms with van der Waals surface area (Å²) in [6, 6.07) is 9.71. The minimum atomic E-state index is -3.59. The molecular formula is C16H18N2O4S2. The van der Waals surface area contributed by atoms with Crippen molar-refractivity contribution in [2.24, 2.45) is 0 Å². The molecule has 1 N–H and O–H groups in total. The first-order valence-electron chi connectivity index (χ1n) is 7.13. The second-order valence-corrected chi connectivity index (χ2v) is 8.50. The molecule has 0 aliphatic rings. The largest absolute Gasteiger partial charge is 0.347 e. The Bertz CT molecular complexity index is 870. The summed E-state index contributed by atoms with van der Waals surface area (Å²) in [6.07, 6.45) is 0. The highest BCUT2D eigenvalue weighted by molar-refractivity contribution is 7.89. The standard InChI is InChI=1S/C16H18N2O4S2/c1-11(19)13-8-9-14(23-13)16(20)17-10-12-6-4-5-7-15(12)24(21,22)18(2)3/h4-9H,10H2,1-3H3,(H,17,20). The van der Waals surface area contributed by atoms with E-state index in [4.69, 9.17) is 0 Å². The number of ketones is 1. The van der Waals surface area contributed by atoms with Gasteiger partial charge in [0.25, 0.3) is 5.91 Å². The van der Waals surface area contributed by atoms with Crippen LogP contribution in [0.15, 0.2) is 41.3 Å². The molecule has 0 bridgehead atoms. The van der Waals surface area contributed by atoms with Gasteiger partial charge in [0.2, 0.25) is 10.0 Å². The van der Waals surface area contributed by atoms with Gasteiger partial charge < -0.3 is 5.32 Å². The molecule has 2 aromatic rings. The summed E-state index contributed by atoms with van der Waals surface area (Å²) in [5.74, 6) is -0.439. The van der Waals surface area contributed by atoms with E-state index in [0.29, 0.717) is 15.3 Å². The quantitative estimate of drug-likeness (QED) is 0.794. The summed E-state index contributed by atoms with van der Waals surface area (Å²) in [5, 5.41) is 2.70. The molecule has 1 amide bonds. The van der Waals surface area contributed by atoms with Gasteiger partial charge in [0, 0.05) is 20.6 Å². The van der Waals surface area contributed by atoms with E-state index in [1.165, 1.54) is 27.1 Å². The van der Waals surface area contributed by atoms with Crippen molar-refractivity contribution < 1.29 is 18.0 Å². The molecule has 8 heteroatoms. The molecule has 0 radical (unpaired) electrons. The third kappa shape index (κ3) is 3.89. The number of hydrogen-bond donors (Lipinski definition) is 1. The van der Waals surface area contributed by atoms with E-state index in [1.807, 2.05) is 0 Å². The number of amides is 1. The van der Waals surface area contributed by atoms with Gasteiger partial charge in [-0.05, 0) is 30.7 Å². The Labute approximate surface area is 145 Å². The van der Waals surface area contributed by atoms with Crippen LogP contribution in [0.25, 0.3) is 0 Å². The summed E-state index contributed by atoms with van der Waals surface area (Å²) in [4.78, 5) is 24.5. The number of hydrogen-bond acceptors (Lipinski definition) is 5. The lowest BCUT2D eigenvalue weighted by Crippen LogP contribution is -2.26. The maximum absolute atomic E-state index is 12.3. The first-order valence-corrected chi connectivity index (χ1v) is 9.38. The van der Waals surface area contributed by atoms with E-state index in [1.54, 1.807) is 30.3 Å². The topological polar surface area (TPSA) is 83.5 Å². The smallest absolute Gasteiger partial charge is 0.261 e. The van der Waals surface area contributed by atoms with Gasteiger partial charge in [0.05, 0.1) is 14.6 Å². The Kier molecular flexibility index (Phi) is 5.53. The highest BCUT2D eigenvalue weighted by Gasteiger charge is 2.21. The van der Waals surface area contributed by atoms with E-state index >= 15 is 0 Å². The Morgan fingerprint density at radius 1 is 1.08 bits per heavy atom. The average molecular weight is 366 g/mol. The predicted molar refractivity (Wildman–Crippen MR) is 92.8 cm³/mol. The van der Waals surface area contributed by atoms with E-state index in [0.717, 1.165) is 15.6 Å². The minimum Gasteiger partial charge on any atom is -0.347 e. The van der Waals surface area contributed by atoms with Crippen LogP contribution in [0.1, 0.15) is 31.8 Å². The molecule has 1 aromatic heterocycles. The summed E-state index contributed by atoms with van der Waals surface area (Å²) >= 11 is 1.11. The molecule has 0 aliphatic heterocycles. The zero-order valence-electron chi connectivity index (χ0n) is 13.6. The average Bonchev–Trinajstić information content (AvgIpc) is 3.03. The molecule has 0 saturated heterocycles. The van der Waals surface area contributed by atoms with Gasteiger partial charge in [0.15, 0.2) is 5.78 Å². The van der Waals surface area contributed by atoms with Crippen LogP contribution in [0.2, 0.25) is 0 Å². The number of nitrogens with one attached hydrogen (secondary N) is 1. The molecule has 2 rings (SSSR count). The first kappa shape index (κ1) is 18.3. The van der Waals surface area contributed by atoms with Crippen molar-refractivity contribution in [3.05, 3.63) is 51.7 Å². The second-order valence-electron chi connectivity index (χ2n) is 5.30. The summed E-state index contributed by atoms with van der Waals surface area (Å²) in [6.45, 7) is 1.52. The van der Waals surface area contributed by atoms with Crippen LogP contribution < -0.4 is 5.32 Å². The maximum atomic E-state index is 12.3. The Morgan fingerprint density at radius 2 is 1.71 bits per heavy atom. The van der Waals surface area contributed by atoms with Crippen LogP contribution in [0, 0.1) is 0 Å². The third-order valence-electron chi connectivity index (χ3n) is 3.35. The summed E-state index contributed by atoms with van der Waals surface area (Å²) < 4.78 is 25.8. The van der Waals surface area contributed by atoms with Gasteiger partial charge in [-0.3, -0.25) is 9.59 Å². The predicted octanol–water partition coefficient (Wildman–Crippen LogP) is 2.13. The Morgan fingerprint density at radius 3 is 2.29 bits per heavy atom. The number of Topliss-reactive ketones (excluding diaryl/α,β-unsaturated/α-hetero) is 1. The van der Waals surface area contributed by atoms with Crippen molar-refractivity contribution in [3.63, 3.8) is 0 Å². The minimum absolute atomic E-state index is 0.0788. The molecule has 0 fully saturated rings. The second kappa shape index (κ2) is 7.25. The fourth-order valence-electron chi connectivity index (χ4n) is 2.01. The van der Waals surface area contributed by atoms with Crippen molar-refractivity contribution in [2.45, 2.75) is 18.4 Å². The summed E-state index contributed by atoms with van der Waals surface area (Å²) in [5.41, 5.74) is 0.503. The van der Waals surface area contributed by atoms with Crippen LogP contribution in [0.5, 0.6) is 0 Å². The zero-order valence-corrected chi connectivity index (χ0v) is 15.2. The molecule has 24 heavy (non-hydrogen) atoms. The molecule has 0 aliphatic carbocycles. The molecule has 0 saturated carbocycles. The van der Waals surface area contributed by atoms with Crippen molar-refractivity contribution in [1.29, 1.82) is 0 Å². The van der Waals surface area contributed by atoms with Gasteiger partial charge >= 0.3 is 0 Å². The number of nitrogens with zero attached hydrogens (tertiary/aromatic N) is 1. The molecule has 128 valence electrons. The van der Waals surface area contributed by atoms with E-state index in [9.17, 15) is 18.0 Å². The molecule has 1 aromatic carbocycles. The highest BCUT2D eigenvalue weighted by atomic mass is 32.2. The van der Waals surface area contributed by atoms with Crippen LogP contribution >= 0.6 is 11.3 Å². The molecule has 0 spiro atoms. The molecule has 1 heterocycles. The lowest BCUT2D eigenvalue weighted by atomic mass is 10.2. The number of thiophene rings is 1. The fourth-order valence-corrected chi connectivity index (χ4v) is 3.94.